The summed E-state index contributed by atoms with van der Waals surface area (Å²) in [5, 5.41) is 13.0. The summed E-state index contributed by atoms with van der Waals surface area (Å²) in [5.74, 6) is 0. The molecule has 0 amide bonds. The summed E-state index contributed by atoms with van der Waals surface area (Å²) < 4.78 is 1.82. The van der Waals surface area contributed by atoms with Crippen LogP contribution in [-0.2, 0) is 6.42 Å². The van der Waals surface area contributed by atoms with Crippen molar-refractivity contribution in [1.29, 1.82) is 0 Å². The first-order valence-electron chi connectivity index (χ1n) is 5.01. The Balaban J connectivity index is 2.25. The molecule has 0 atom stereocenters. The maximum atomic E-state index is 8.80. The number of aliphatic hydroxyl groups is 1. The minimum absolute atomic E-state index is 0.166. The molecule has 0 bridgehead atoms. The van der Waals surface area contributed by atoms with Crippen molar-refractivity contribution in [2.45, 2.75) is 13.3 Å². The lowest BCUT2D eigenvalue weighted by atomic mass is 10.2. The van der Waals surface area contributed by atoms with E-state index >= 15 is 0 Å². The van der Waals surface area contributed by atoms with Crippen LogP contribution in [0.5, 0.6) is 0 Å². The summed E-state index contributed by atoms with van der Waals surface area (Å²) in [7, 11) is 0. The number of aliphatic hydroxyl groups excluding tert-OH is 1. The second-order valence-electron chi connectivity index (χ2n) is 3.60. The second kappa shape index (κ2) is 4.28. The number of hydrogen-bond donors (Lipinski definition) is 1. The third kappa shape index (κ3) is 2.25. The molecule has 1 heterocycles. The van der Waals surface area contributed by atoms with Crippen molar-refractivity contribution < 1.29 is 5.11 Å². The maximum absolute atomic E-state index is 8.80. The fraction of sp³-hybridized carbons (Fsp3) is 0.250. The van der Waals surface area contributed by atoms with Crippen molar-refractivity contribution >= 4 is 0 Å². The quantitative estimate of drug-likeness (QED) is 0.822. The Kier molecular flexibility index (Phi) is 2.83. The van der Waals surface area contributed by atoms with Crippen LogP contribution < -0.4 is 0 Å². The van der Waals surface area contributed by atoms with Gasteiger partial charge in [-0.1, -0.05) is 17.7 Å². The van der Waals surface area contributed by atoms with Gasteiger partial charge in [-0.15, -0.1) is 0 Å². The van der Waals surface area contributed by atoms with Crippen LogP contribution in [0.1, 0.15) is 11.1 Å². The molecule has 0 spiro atoms. The Bertz CT molecular complexity index is 431. The molecule has 3 heteroatoms. The molecular formula is C12H14N2O. The van der Waals surface area contributed by atoms with E-state index in [1.165, 1.54) is 5.56 Å². The summed E-state index contributed by atoms with van der Waals surface area (Å²) in [6.07, 6.45) is 4.39. The molecule has 1 aromatic carbocycles. The fourth-order valence-corrected chi connectivity index (χ4v) is 1.46. The van der Waals surface area contributed by atoms with E-state index in [4.69, 9.17) is 5.11 Å². The Hall–Kier alpha value is -1.61. The van der Waals surface area contributed by atoms with Gasteiger partial charge in [0.1, 0.15) is 0 Å². The molecule has 0 aliphatic rings. The van der Waals surface area contributed by atoms with Crippen molar-refractivity contribution in [3.8, 4) is 5.69 Å². The topological polar surface area (TPSA) is 38.0 Å². The van der Waals surface area contributed by atoms with E-state index in [0.717, 1.165) is 11.3 Å². The Labute approximate surface area is 89.0 Å². The van der Waals surface area contributed by atoms with Gasteiger partial charge in [0, 0.05) is 12.8 Å². The van der Waals surface area contributed by atoms with Gasteiger partial charge in [-0.25, -0.2) is 4.68 Å². The molecule has 0 unspecified atom stereocenters. The van der Waals surface area contributed by atoms with Crippen LogP contribution in [0.25, 0.3) is 5.69 Å². The van der Waals surface area contributed by atoms with Crippen LogP contribution in [0.4, 0.5) is 0 Å². The van der Waals surface area contributed by atoms with Crippen LogP contribution in [-0.4, -0.2) is 21.5 Å². The minimum atomic E-state index is 0.166. The van der Waals surface area contributed by atoms with E-state index in [0.29, 0.717) is 6.42 Å². The Morgan fingerprint density at radius 1 is 1.27 bits per heavy atom. The van der Waals surface area contributed by atoms with E-state index in [-0.39, 0.29) is 6.61 Å². The van der Waals surface area contributed by atoms with E-state index < -0.39 is 0 Å². The second-order valence-corrected chi connectivity index (χ2v) is 3.60. The highest BCUT2D eigenvalue weighted by Crippen LogP contribution is 2.09. The number of aromatic nitrogens is 2. The zero-order valence-corrected chi connectivity index (χ0v) is 8.72. The molecule has 3 nitrogen and oxygen atoms in total. The van der Waals surface area contributed by atoms with Gasteiger partial charge < -0.3 is 5.11 Å². The van der Waals surface area contributed by atoms with E-state index in [1.54, 1.807) is 6.20 Å². The average molecular weight is 202 g/mol. The van der Waals surface area contributed by atoms with Gasteiger partial charge >= 0.3 is 0 Å². The highest BCUT2D eigenvalue weighted by Gasteiger charge is 1.99. The predicted molar refractivity (Wildman–Crippen MR) is 59.1 cm³/mol. The maximum Gasteiger partial charge on any atom is 0.0645 e. The highest BCUT2D eigenvalue weighted by atomic mass is 16.2. The molecule has 0 aliphatic heterocycles. The van der Waals surface area contributed by atoms with Gasteiger partial charge in [0.05, 0.1) is 11.9 Å². The molecule has 0 fully saturated rings. The Morgan fingerprint density at radius 3 is 2.67 bits per heavy atom. The van der Waals surface area contributed by atoms with Crippen LogP contribution in [0.15, 0.2) is 36.7 Å². The number of aryl methyl sites for hydroxylation is 1. The SMILES string of the molecule is Cc1ccc(-n2cc(CCO)cn2)cc1. The molecule has 2 rings (SSSR count). The summed E-state index contributed by atoms with van der Waals surface area (Å²) in [6.45, 7) is 2.23. The van der Waals surface area contributed by atoms with Gasteiger partial charge in [-0.05, 0) is 31.0 Å². The molecule has 15 heavy (non-hydrogen) atoms. The Morgan fingerprint density at radius 2 is 2.00 bits per heavy atom. The lowest BCUT2D eigenvalue weighted by Gasteiger charge is -2.00. The summed E-state index contributed by atoms with van der Waals surface area (Å²) >= 11 is 0. The van der Waals surface area contributed by atoms with Crippen LogP contribution in [0.2, 0.25) is 0 Å². The predicted octanol–water partition coefficient (Wildman–Crippen LogP) is 1.72. The van der Waals surface area contributed by atoms with Gasteiger partial charge in [0.25, 0.3) is 0 Å². The summed E-state index contributed by atoms with van der Waals surface area (Å²) in [4.78, 5) is 0. The van der Waals surface area contributed by atoms with E-state index in [9.17, 15) is 0 Å². The molecule has 2 aromatic rings. The average Bonchev–Trinajstić information content (AvgIpc) is 2.68. The fourth-order valence-electron chi connectivity index (χ4n) is 1.46. The van der Waals surface area contributed by atoms with Crippen molar-refractivity contribution in [2.24, 2.45) is 0 Å². The minimum Gasteiger partial charge on any atom is -0.396 e. The lowest BCUT2D eigenvalue weighted by Crippen LogP contribution is -1.93. The van der Waals surface area contributed by atoms with Gasteiger partial charge in [-0.2, -0.15) is 5.10 Å². The highest BCUT2D eigenvalue weighted by molar-refractivity contribution is 5.33. The number of nitrogens with zero attached hydrogens (tertiary/aromatic N) is 2. The number of hydrogen-bond acceptors (Lipinski definition) is 2. The monoisotopic (exact) mass is 202 g/mol. The molecule has 0 saturated carbocycles. The molecule has 1 N–H and O–H groups in total. The van der Waals surface area contributed by atoms with Crippen molar-refractivity contribution in [3.05, 3.63) is 47.8 Å². The van der Waals surface area contributed by atoms with Crippen LogP contribution >= 0.6 is 0 Å². The number of rotatable bonds is 3. The lowest BCUT2D eigenvalue weighted by molar-refractivity contribution is 0.299. The first kappa shape index (κ1) is 9.93. The molecule has 78 valence electrons. The standard InChI is InChI=1S/C12H14N2O/c1-10-2-4-12(5-3-10)14-9-11(6-7-15)8-13-14/h2-5,8-9,15H,6-7H2,1H3. The smallest absolute Gasteiger partial charge is 0.0645 e. The third-order valence-corrected chi connectivity index (χ3v) is 2.34. The van der Waals surface area contributed by atoms with Gasteiger partial charge in [0.2, 0.25) is 0 Å². The first-order chi connectivity index (χ1) is 7.29. The third-order valence-electron chi connectivity index (χ3n) is 2.34. The molecule has 0 aliphatic carbocycles. The summed E-state index contributed by atoms with van der Waals surface area (Å²) in [5.41, 5.74) is 3.34. The zero-order valence-electron chi connectivity index (χ0n) is 8.72. The number of benzene rings is 1. The molecule has 0 saturated heterocycles. The van der Waals surface area contributed by atoms with Crippen LogP contribution in [0, 0.1) is 6.92 Å². The van der Waals surface area contributed by atoms with Gasteiger partial charge in [0.15, 0.2) is 0 Å². The van der Waals surface area contributed by atoms with Crippen LogP contribution in [0.3, 0.4) is 0 Å². The van der Waals surface area contributed by atoms with E-state index in [2.05, 4.69) is 24.2 Å². The normalized spacial score (nSPS) is 10.5. The molecular weight excluding hydrogens is 188 g/mol. The van der Waals surface area contributed by atoms with Gasteiger partial charge in [-0.3, -0.25) is 0 Å². The zero-order chi connectivity index (χ0) is 10.7. The molecule has 1 aromatic heterocycles. The van der Waals surface area contributed by atoms with Crippen molar-refractivity contribution in [3.63, 3.8) is 0 Å². The van der Waals surface area contributed by atoms with Crippen molar-refractivity contribution in [1.82, 2.24) is 9.78 Å². The summed E-state index contributed by atoms with van der Waals surface area (Å²) in [6, 6.07) is 8.18. The molecule has 0 radical (unpaired) electrons. The first-order valence-corrected chi connectivity index (χ1v) is 5.01. The van der Waals surface area contributed by atoms with Crippen molar-refractivity contribution in [2.75, 3.05) is 6.61 Å². The largest absolute Gasteiger partial charge is 0.396 e. The van der Waals surface area contributed by atoms with E-state index in [1.807, 2.05) is 23.0 Å².